The molecular formula is C18H28N3O3P. The van der Waals surface area contributed by atoms with Crippen LogP contribution in [-0.2, 0) is 15.9 Å². The van der Waals surface area contributed by atoms with Gasteiger partial charge in [0.05, 0.1) is 19.1 Å². The van der Waals surface area contributed by atoms with Gasteiger partial charge in [-0.15, -0.1) is 0 Å². The molecule has 1 aromatic carbocycles. The molecule has 1 aromatic rings. The van der Waals surface area contributed by atoms with Gasteiger partial charge in [0.25, 0.3) is 0 Å². The van der Waals surface area contributed by atoms with E-state index >= 15 is 0 Å². The van der Waals surface area contributed by atoms with E-state index < -0.39 is 8.53 Å². The third kappa shape index (κ3) is 7.83. The number of amides is 1. The minimum absolute atomic E-state index is 0.0563. The molecule has 0 aliphatic rings. The van der Waals surface area contributed by atoms with Gasteiger partial charge >= 0.3 is 8.53 Å². The van der Waals surface area contributed by atoms with Crippen molar-refractivity contribution >= 4 is 14.4 Å². The monoisotopic (exact) mass is 365 g/mol. The van der Waals surface area contributed by atoms with Crippen LogP contribution in [0.5, 0.6) is 5.75 Å². The largest absolute Gasteiger partial charge is 0.436 e. The highest BCUT2D eigenvalue weighted by Crippen LogP contribution is 2.46. The number of hydrogen-bond acceptors (Lipinski definition) is 5. The topological polar surface area (TPSA) is 74.6 Å². The molecule has 7 heteroatoms. The smallest absolute Gasteiger partial charge is 0.321 e. The Morgan fingerprint density at radius 3 is 2.32 bits per heavy atom. The summed E-state index contributed by atoms with van der Waals surface area (Å²) >= 11 is 0. The number of nitrogens with zero attached hydrogens (tertiary/aromatic N) is 2. The first-order valence-corrected chi connectivity index (χ1v) is 9.57. The Morgan fingerprint density at radius 1 is 1.24 bits per heavy atom. The summed E-state index contributed by atoms with van der Waals surface area (Å²) < 4.78 is 14.1. The van der Waals surface area contributed by atoms with Gasteiger partial charge in [-0.25, -0.2) is 4.67 Å². The standard InChI is InChI=1S/C18H28N3O3P/c1-14(2)21(15(3)4)25(23-12-6-11-19)24-18-9-7-17(8-10-18)13-20-16(5)22/h7-10,14-15H,6,12-13H2,1-5H3,(H,20,22). The lowest BCUT2D eigenvalue weighted by atomic mass is 10.2. The van der Waals surface area contributed by atoms with E-state index in [4.69, 9.17) is 14.3 Å². The lowest BCUT2D eigenvalue weighted by molar-refractivity contribution is -0.119. The third-order valence-electron chi connectivity index (χ3n) is 3.31. The van der Waals surface area contributed by atoms with Crippen LogP contribution in [0.2, 0.25) is 0 Å². The van der Waals surface area contributed by atoms with Crippen LogP contribution in [0.15, 0.2) is 24.3 Å². The molecule has 1 rings (SSSR count). The first kappa shape index (κ1) is 21.4. The van der Waals surface area contributed by atoms with Crippen molar-refractivity contribution in [2.45, 2.75) is 59.7 Å². The Balaban J connectivity index is 2.81. The second kappa shape index (κ2) is 11.0. The SMILES string of the molecule is CC(=O)NCc1ccc(OP(OCCC#N)N(C(C)C)C(C)C)cc1. The molecule has 1 atom stereocenters. The average molecular weight is 365 g/mol. The van der Waals surface area contributed by atoms with Gasteiger partial charge in [0, 0.05) is 25.6 Å². The summed E-state index contributed by atoms with van der Waals surface area (Å²) in [7, 11) is -1.31. The van der Waals surface area contributed by atoms with Gasteiger partial charge in [-0.2, -0.15) is 5.26 Å². The zero-order chi connectivity index (χ0) is 18.8. The lowest BCUT2D eigenvalue weighted by Crippen LogP contribution is -2.34. The highest BCUT2D eigenvalue weighted by molar-refractivity contribution is 7.45. The van der Waals surface area contributed by atoms with Crippen LogP contribution in [0.1, 0.15) is 46.6 Å². The number of rotatable bonds is 10. The summed E-state index contributed by atoms with van der Waals surface area (Å²) in [5.41, 5.74) is 1.00. The zero-order valence-corrected chi connectivity index (χ0v) is 16.5. The van der Waals surface area contributed by atoms with E-state index in [2.05, 4.69) is 43.8 Å². The first-order valence-electron chi connectivity index (χ1n) is 8.44. The van der Waals surface area contributed by atoms with E-state index in [1.807, 2.05) is 24.3 Å². The molecule has 138 valence electrons. The molecule has 0 saturated carbocycles. The minimum atomic E-state index is -1.31. The second-order valence-corrected chi connectivity index (χ2v) is 7.57. The van der Waals surface area contributed by atoms with Crippen molar-refractivity contribution in [3.63, 3.8) is 0 Å². The summed E-state index contributed by atoms with van der Waals surface area (Å²) in [4.78, 5) is 11.0. The fourth-order valence-corrected chi connectivity index (χ4v) is 3.85. The van der Waals surface area contributed by atoms with Crippen LogP contribution in [0, 0.1) is 11.3 Å². The van der Waals surface area contributed by atoms with E-state index in [1.165, 1.54) is 6.92 Å². The van der Waals surface area contributed by atoms with Gasteiger partial charge in [0.1, 0.15) is 5.75 Å². The molecule has 0 heterocycles. The van der Waals surface area contributed by atoms with Crippen LogP contribution < -0.4 is 9.84 Å². The molecule has 0 aromatic heterocycles. The van der Waals surface area contributed by atoms with Crippen molar-refractivity contribution < 1.29 is 13.8 Å². The van der Waals surface area contributed by atoms with Gasteiger partial charge in [0.2, 0.25) is 5.91 Å². The molecule has 0 bridgehead atoms. The van der Waals surface area contributed by atoms with Gasteiger partial charge in [-0.05, 0) is 45.4 Å². The normalized spacial score (nSPS) is 12.3. The molecule has 0 fully saturated rings. The van der Waals surface area contributed by atoms with Crippen molar-refractivity contribution in [2.75, 3.05) is 6.61 Å². The molecule has 0 aliphatic carbocycles. The molecular weight excluding hydrogens is 337 g/mol. The Morgan fingerprint density at radius 2 is 1.84 bits per heavy atom. The van der Waals surface area contributed by atoms with Crippen LogP contribution in [0.25, 0.3) is 0 Å². The van der Waals surface area contributed by atoms with Crippen LogP contribution in [0.4, 0.5) is 0 Å². The fraction of sp³-hybridized carbons (Fsp3) is 0.556. The molecule has 6 nitrogen and oxygen atoms in total. The molecule has 0 spiro atoms. The first-order chi connectivity index (χ1) is 11.8. The summed E-state index contributed by atoms with van der Waals surface area (Å²) in [6.45, 7) is 10.7. The quantitative estimate of drug-likeness (QED) is 0.501. The molecule has 1 unspecified atom stereocenters. The maximum Gasteiger partial charge on any atom is 0.321 e. The number of hydrogen-bond donors (Lipinski definition) is 1. The van der Waals surface area contributed by atoms with E-state index in [9.17, 15) is 4.79 Å². The number of benzene rings is 1. The van der Waals surface area contributed by atoms with Crippen molar-refractivity contribution in [1.29, 1.82) is 5.26 Å². The van der Waals surface area contributed by atoms with Gasteiger partial charge in [-0.3, -0.25) is 4.79 Å². The van der Waals surface area contributed by atoms with E-state index in [0.717, 1.165) is 5.56 Å². The number of carbonyl (C=O) groups excluding carboxylic acids is 1. The van der Waals surface area contributed by atoms with E-state index in [-0.39, 0.29) is 18.0 Å². The third-order valence-corrected chi connectivity index (χ3v) is 5.38. The van der Waals surface area contributed by atoms with Crippen LogP contribution in [0.3, 0.4) is 0 Å². The molecule has 1 amide bonds. The number of carbonyl (C=O) groups is 1. The number of nitriles is 1. The maximum atomic E-state index is 11.0. The van der Waals surface area contributed by atoms with E-state index in [0.29, 0.717) is 25.3 Å². The maximum absolute atomic E-state index is 11.0. The summed E-state index contributed by atoms with van der Waals surface area (Å²) in [6.07, 6.45) is 0.335. The summed E-state index contributed by atoms with van der Waals surface area (Å²) in [5.74, 6) is 0.653. The highest BCUT2D eigenvalue weighted by atomic mass is 31.2. The fourth-order valence-electron chi connectivity index (χ4n) is 2.27. The number of nitrogens with one attached hydrogen (secondary N) is 1. The van der Waals surface area contributed by atoms with Crippen molar-refractivity contribution in [3.05, 3.63) is 29.8 Å². The average Bonchev–Trinajstić information content (AvgIpc) is 2.53. The molecule has 0 aliphatic heterocycles. The zero-order valence-electron chi connectivity index (χ0n) is 15.7. The Bertz CT molecular complexity index is 562. The lowest BCUT2D eigenvalue weighted by Gasteiger charge is -2.35. The van der Waals surface area contributed by atoms with Crippen LogP contribution in [-0.4, -0.2) is 29.3 Å². The predicted octanol–water partition coefficient (Wildman–Crippen LogP) is 3.98. The van der Waals surface area contributed by atoms with E-state index in [1.54, 1.807) is 0 Å². The van der Waals surface area contributed by atoms with Gasteiger partial charge in [0.15, 0.2) is 0 Å². The van der Waals surface area contributed by atoms with Crippen LogP contribution >= 0.6 is 8.53 Å². The summed E-state index contributed by atoms with van der Waals surface area (Å²) in [6, 6.07) is 10.2. The van der Waals surface area contributed by atoms with Gasteiger partial charge < -0.3 is 14.4 Å². The molecule has 0 saturated heterocycles. The van der Waals surface area contributed by atoms with Gasteiger partial charge in [-0.1, -0.05) is 12.1 Å². The Labute approximate surface area is 152 Å². The summed E-state index contributed by atoms with van der Waals surface area (Å²) in [5, 5.41) is 11.5. The minimum Gasteiger partial charge on any atom is -0.436 e. The second-order valence-electron chi connectivity index (χ2n) is 6.19. The Kier molecular flexibility index (Phi) is 9.44. The molecule has 0 radical (unpaired) electrons. The molecule has 1 N–H and O–H groups in total. The van der Waals surface area contributed by atoms with Crippen molar-refractivity contribution in [3.8, 4) is 11.8 Å². The van der Waals surface area contributed by atoms with Crippen molar-refractivity contribution in [2.24, 2.45) is 0 Å². The predicted molar refractivity (Wildman–Crippen MR) is 99.8 cm³/mol. The Hall–Kier alpha value is -1.67. The molecule has 25 heavy (non-hydrogen) atoms. The highest BCUT2D eigenvalue weighted by Gasteiger charge is 2.28. The van der Waals surface area contributed by atoms with Crippen molar-refractivity contribution in [1.82, 2.24) is 9.99 Å².